The molecular weight excluding hydrogens is 574 g/mol. The molecule has 222 valence electrons. The Morgan fingerprint density at radius 1 is 0.625 bits per heavy atom. The maximum absolute atomic E-state index is 14.5. The molecule has 0 fully saturated rings. The van der Waals surface area contributed by atoms with Gasteiger partial charge in [-0.2, -0.15) is 8.61 Å². The highest BCUT2D eigenvalue weighted by molar-refractivity contribution is 7.89. The molecule has 0 radical (unpaired) electrons. The molecule has 0 bridgehead atoms. The van der Waals surface area contributed by atoms with E-state index < -0.39 is 64.9 Å². The van der Waals surface area contributed by atoms with Crippen LogP contribution in [0.2, 0.25) is 0 Å². The van der Waals surface area contributed by atoms with Crippen molar-refractivity contribution in [1.29, 1.82) is 0 Å². The van der Waals surface area contributed by atoms with Gasteiger partial charge < -0.3 is 19.3 Å². The first-order chi connectivity index (χ1) is 18.5. The maximum atomic E-state index is 14.5. The third-order valence-corrected chi connectivity index (χ3v) is 9.22. The van der Waals surface area contributed by atoms with Crippen molar-refractivity contribution < 1.29 is 44.7 Å². The average Bonchev–Trinajstić information content (AvgIpc) is 2.87. The summed E-state index contributed by atoms with van der Waals surface area (Å²) in [5.41, 5.74) is 0. The highest BCUT2D eigenvalue weighted by Crippen LogP contribution is 2.25. The minimum atomic E-state index is -4.05. The topological polar surface area (TPSA) is 134 Å². The van der Waals surface area contributed by atoms with E-state index in [1.807, 2.05) is 0 Å². The minimum absolute atomic E-state index is 0.135. The molecule has 12 nitrogen and oxygen atoms in total. The third-order valence-electron chi connectivity index (χ3n) is 5.52. The zero-order valence-corrected chi connectivity index (χ0v) is 24.6. The zero-order chi connectivity index (χ0) is 30.4. The van der Waals surface area contributed by atoms with Gasteiger partial charge in [-0.25, -0.2) is 35.2 Å². The minimum Gasteiger partial charge on any atom is -0.415 e. The molecule has 2 aromatic rings. The standard InChI is InChI=1S/C24H32F2N4O8S2/c1-27(2)11-13-29(5)39(33,34)17-7-9-21(19(25)15-17)37-23(31)24(32)38-22-10-8-18(16-20(22)26)40(35,36)30(6)14-12-28(3)4/h7-10,15-16H,11-14H2,1-6H3. The first kappa shape index (κ1) is 33.2. The summed E-state index contributed by atoms with van der Waals surface area (Å²) in [6.45, 7) is 1.11. The van der Waals surface area contributed by atoms with Crippen molar-refractivity contribution in [3.05, 3.63) is 48.0 Å². The van der Waals surface area contributed by atoms with Crippen LogP contribution in [0.15, 0.2) is 46.2 Å². The van der Waals surface area contributed by atoms with E-state index in [0.717, 1.165) is 32.9 Å². The molecule has 0 aromatic heterocycles. The van der Waals surface area contributed by atoms with E-state index in [1.54, 1.807) is 38.0 Å². The van der Waals surface area contributed by atoms with Gasteiger partial charge in [0, 0.05) is 40.3 Å². The van der Waals surface area contributed by atoms with E-state index in [0.29, 0.717) is 25.2 Å². The van der Waals surface area contributed by atoms with Gasteiger partial charge in [0.05, 0.1) is 9.79 Å². The van der Waals surface area contributed by atoms with Crippen molar-refractivity contribution in [3.63, 3.8) is 0 Å². The normalized spacial score (nSPS) is 12.4. The Hall–Kier alpha value is -3.02. The Morgan fingerprint density at radius 3 is 1.23 bits per heavy atom. The van der Waals surface area contributed by atoms with Crippen LogP contribution >= 0.6 is 0 Å². The molecule has 0 unspecified atom stereocenters. The molecule has 0 N–H and O–H groups in total. The number of carbonyl (C=O) groups excluding carboxylic acids is 2. The molecule has 0 spiro atoms. The fourth-order valence-corrected chi connectivity index (χ4v) is 5.36. The number of hydrogen-bond acceptors (Lipinski definition) is 10. The number of likely N-dealkylation sites (N-methyl/N-ethyl adjacent to an activating group) is 4. The van der Waals surface area contributed by atoms with Gasteiger partial charge >= 0.3 is 11.9 Å². The highest BCUT2D eigenvalue weighted by Gasteiger charge is 2.27. The monoisotopic (exact) mass is 606 g/mol. The summed E-state index contributed by atoms with van der Waals surface area (Å²) in [5, 5.41) is 0. The number of esters is 2. The predicted molar refractivity (Wildman–Crippen MR) is 141 cm³/mol. The number of benzene rings is 2. The van der Waals surface area contributed by atoms with Gasteiger partial charge in [-0.3, -0.25) is 0 Å². The van der Waals surface area contributed by atoms with E-state index in [-0.39, 0.29) is 13.1 Å². The predicted octanol–water partition coefficient (Wildman–Crippen LogP) is 0.840. The number of hydrogen-bond donors (Lipinski definition) is 0. The third kappa shape index (κ3) is 8.49. The van der Waals surface area contributed by atoms with E-state index in [1.165, 1.54) is 14.1 Å². The second-order valence-corrected chi connectivity index (χ2v) is 13.3. The van der Waals surface area contributed by atoms with Crippen LogP contribution in [0.4, 0.5) is 8.78 Å². The molecule has 0 amide bonds. The number of nitrogens with zero attached hydrogens (tertiary/aromatic N) is 4. The summed E-state index contributed by atoms with van der Waals surface area (Å²) < 4.78 is 91.0. The van der Waals surface area contributed by atoms with Crippen molar-refractivity contribution >= 4 is 32.0 Å². The van der Waals surface area contributed by atoms with Crippen molar-refractivity contribution in [2.45, 2.75) is 9.79 Å². The molecule has 0 saturated carbocycles. The lowest BCUT2D eigenvalue weighted by atomic mass is 10.3. The molecule has 0 aliphatic carbocycles. The van der Waals surface area contributed by atoms with Gasteiger partial charge in [0.15, 0.2) is 23.1 Å². The molecule has 0 atom stereocenters. The van der Waals surface area contributed by atoms with Gasteiger partial charge in [-0.1, -0.05) is 0 Å². The Bertz CT molecular complexity index is 1340. The SMILES string of the molecule is CN(C)CCN(C)S(=O)(=O)c1ccc(OC(=O)C(=O)Oc2ccc(S(=O)(=O)N(C)CCN(C)C)cc2F)c(F)c1. The molecule has 2 rings (SSSR count). The van der Waals surface area contributed by atoms with E-state index >= 15 is 0 Å². The molecule has 0 aliphatic rings. The van der Waals surface area contributed by atoms with Crippen LogP contribution in [0.3, 0.4) is 0 Å². The van der Waals surface area contributed by atoms with Gasteiger partial charge in [-0.15, -0.1) is 0 Å². The Labute approximate surface area is 232 Å². The molecule has 2 aromatic carbocycles. The molecule has 0 heterocycles. The summed E-state index contributed by atoms with van der Waals surface area (Å²) in [7, 11) is 1.59. The van der Waals surface area contributed by atoms with E-state index in [9.17, 15) is 35.2 Å². The number of sulfonamides is 2. The Balaban J connectivity index is 2.11. The largest absolute Gasteiger partial charge is 0.423 e. The summed E-state index contributed by atoms with van der Waals surface area (Å²) in [4.78, 5) is 27.0. The molecule has 0 saturated heterocycles. The van der Waals surface area contributed by atoms with Crippen molar-refractivity contribution in [3.8, 4) is 11.5 Å². The Kier molecular flexibility index (Phi) is 11.3. The summed E-state index contributed by atoms with van der Waals surface area (Å²) in [5.74, 6) is -7.47. The van der Waals surface area contributed by atoms with Gasteiger partial charge in [-0.05, 0) is 64.6 Å². The van der Waals surface area contributed by atoms with Crippen LogP contribution in [0.1, 0.15) is 0 Å². The zero-order valence-electron chi connectivity index (χ0n) is 22.9. The highest BCUT2D eigenvalue weighted by atomic mass is 32.2. The second kappa shape index (κ2) is 13.6. The first-order valence-electron chi connectivity index (χ1n) is 11.7. The second-order valence-electron chi connectivity index (χ2n) is 9.22. The van der Waals surface area contributed by atoms with Crippen LogP contribution in [0, 0.1) is 11.6 Å². The molecular formula is C24H32F2N4O8S2. The first-order valence-corrected chi connectivity index (χ1v) is 14.6. The van der Waals surface area contributed by atoms with Gasteiger partial charge in [0.25, 0.3) is 0 Å². The van der Waals surface area contributed by atoms with Crippen LogP contribution in [0.5, 0.6) is 11.5 Å². The quantitative estimate of drug-likeness (QED) is 0.194. The van der Waals surface area contributed by atoms with Crippen molar-refractivity contribution in [2.75, 3.05) is 68.5 Å². The fourth-order valence-electron chi connectivity index (χ4n) is 3.01. The van der Waals surface area contributed by atoms with Gasteiger partial charge in [0.1, 0.15) is 0 Å². The smallest absolute Gasteiger partial charge is 0.415 e. The average molecular weight is 607 g/mol. The number of carbonyl (C=O) groups is 2. The lowest BCUT2D eigenvalue weighted by Gasteiger charge is -2.19. The Morgan fingerprint density at radius 2 is 0.950 bits per heavy atom. The van der Waals surface area contributed by atoms with E-state index in [4.69, 9.17) is 0 Å². The van der Waals surface area contributed by atoms with Crippen LogP contribution in [-0.2, 0) is 29.6 Å². The number of halogens is 2. The fraction of sp³-hybridized carbons (Fsp3) is 0.417. The number of ether oxygens (including phenoxy) is 2. The summed E-state index contributed by atoms with van der Waals surface area (Å²) >= 11 is 0. The lowest BCUT2D eigenvalue weighted by Crippen LogP contribution is -2.33. The molecule has 16 heteroatoms. The van der Waals surface area contributed by atoms with Crippen molar-refractivity contribution in [1.82, 2.24) is 18.4 Å². The molecule has 40 heavy (non-hydrogen) atoms. The van der Waals surface area contributed by atoms with Crippen molar-refractivity contribution in [2.24, 2.45) is 0 Å². The molecule has 0 aliphatic heterocycles. The number of rotatable bonds is 12. The van der Waals surface area contributed by atoms with Gasteiger partial charge in [0.2, 0.25) is 20.0 Å². The summed E-state index contributed by atoms with van der Waals surface area (Å²) in [6, 6.07) is 4.94. The lowest BCUT2D eigenvalue weighted by molar-refractivity contribution is -0.156. The summed E-state index contributed by atoms with van der Waals surface area (Å²) in [6.07, 6.45) is 0. The van der Waals surface area contributed by atoms with E-state index in [2.05, 4.69) is 9.47 Å². The van der Waals surface area contributed by atoms with Crippen LogP contribution in [0.25, 0.3) is 0 Å². The maximum Gasteiger partial charge on any atom is 0.423 e. The van der Waals surface area contributed by atoms with Crippen LogP contribution in [-0.4, -0.2) is 116 Å². The van der Waals surface area contributed by atoms with Crippen LogP contribution < -0.4 is 9.47 Å².